The quantitative estimate of drug-likeness (QED) is 0.0923. The summed E-state index contributed by atoms with van der Waals surface area (Å²) < 4.78 is 9.68. The molecule has 1 aliphatic carbocycles. The molecule has 4 fully saturated rings. The van der Waals surface area contributed by atoms with E-state index in [4.69, 9.17) is 4.74 Å². The van der Waals surface area contributed by atoms with Gasteiger partial charge in [-0.1, -0.05) is 43.3 Å². The molecular formula is C44H57N9O6S. The number of carbonyl (C=O) groups is 5. The summed E-state index contributed by atoms with van der Waals surface area (Å²) in [6, 6.07) is 11.9. The molecule has 3 aromatic rings. The van der Waals surface area contributed by atoms with Crippen LogP contribution in [0.3, 0.4) is 0 Å². The fourth-order valence-electron chi connectivity index (χ4n) is 8.73. The predicted octanol–water partition coefficient (Wildman–Crippen LogP) is 5.40. The average Bonchev–Trinajstić information content (AvgIpc) is 3.49. The molecule has 5 aliphatic rings. The van der Waals surface area contributed by atoms with E-state index in [0.29, 0.717) is 41.3 Å². The van der Waals surface area contributed by atoms with Gasteiger partial charge in [-0.25, -0.2) is 9.97 Å². The molecule has 1 spiro atoms. The Hall–Kier alpha value is -5.06. The summed E-state index contributed by atoms with van der Waals surface area (Å²) in [5.74, 6) is -0.616. The molecule has 2 aromatic carbocycles. The van der Waals surface area contributed by atoms with Gasteiger partial charge in [0, 0.05) is 49.7 Å². The molecule has 60 heavy (non-hydrogen) atoms. The Kier molecular flexibility index (Phi) is 14.3. The van der Waals surface area contributed by atoms with E-state index in [2.05, 4.69) is 53.7 Å². The third kappa shape index (κ3) is 10.3. The largest absolute Gasteiger partial charge is 0.451 e. The Morgan fingerprint density at radius 2 is 1.67 bits per heavy atom. The maximum atomic E-state index is 13.2. The van der Waals surface area contributed by atoms with Gasteiger partial charge in [0.1, 0.15) is 18.1 Å². The van der Waals surface area contributed by atoms with E-state index < -0.39 is 29.7 Å². The molecule has 0 radical (unpaired) electrons. The van der Waals surface area contributed by atoms with Crippen LogP contribution in [0.4, 0.5) is 11.5 Å². The van der Waals surface area contributed by atoms with Crippen LogP contribution in [-0.4, -0.2) is 114 Å². The van der Waals surface area contributed by atoms with E-state index in [0.717, 1.165) is 62.2 Å². The van der Waals surface area contributed by atoms with Crippen molar-refractivity contribution >= 4 is 53.0 Å². The van der Waals surface area contributed by atoms with Crippen molar-refractivity contribution in [2.24, 2.45) is 5.41 Å². The fraction of sp³-hybridized carbons (Fsp3) is 0.523. The van der Waals surface area contributed by atoms with Gasteiger partial charge in [0.05, 0.1) is 22.9 Å². The molecule has 1 saturated carbocycles. The highest BCUT2D eigenvalue weighted by atomic mass is 32.2. The molecule has 1 aromatic heterocycles. The van der Waals surface area contributed by atoms with Crippen LogP contribution in [0.1, 0.15) is 108 Å². The minimum Gasteiger partial charge on any atom is -0.451 e. The number of ether oxygens (including phenoxy) is 1. The van der Waals surface area contributed by atoms with Gasteiger partial charge in [0.2, 0.25) is 11.8 Å². The van der Waals surface area contributed by atoms with E-state index >= 15 is 0 Å². The smallest absolute Gasteiger partial charge is 0.262 e. The number of benzene rings is 2. The molecule has 5 heterocycles. The lowest BCUT2D eigenvalue weighted by Gasteiger charge is -2.54. The number of anilines is 2. The zero-order valence-electron chi connectivity index (χ0n) is 34.7. The number of nitrogens with zero attached hydrogens (tertiary/aromatic N) is 5. The van der Waals surface area contributed by atoms with Crippen LogP contribution in [0.15, 0.2) is 55.0 Å². The molecule has 1 unspecified atom stereocenters. The lowest BCUT2D eigenvalue weighted by atomic mass is 9.72. The number of hydrogen-bond acceptors (Lipinski definition) is 13. The third-order valence-corrected chi connectivity index (χ3v) is 12.8. The standard InChI is InChI=1S/C37H42N8O6.C7H15NS/c1-43-17-13-37(14-18-43)21-44(22-37)32-30(20-38-23-41-32)51-29-8-4-3-7-26(29)33(47)40-16-6-2-5-15-39-24-9-10-25-27(19-24)36(50)45(35(25)49)28-11-12-31(46)42-34(28)48;1-9-8-7-5-3-2-4-6-7/h3-4,7-10,19-20,23,28,39H,2,5-6,11-18,21-22H2,1H3,(H,40,47)(H,42,46,48);7-8H,2-6H2,1H3. The zero-order chi connectivity index (χ0) is 42.1. The van der Waals surface area contributed by atoms with E-state index in [1.165, 1.54) is 51.3 Å². The summed E-state index contributed by atoms with van der Waals surface area (Å²) in [7, 11) is 2.17. The van der Waals surface area contributed by atoms with Crippen molar-refractivity contribution in [2.75, 3.05) is 62.8 Å². The molecule has 320 valence electrons. The minimum atomic E-state index is -0.994. The Balaban J connectivity index is 0.000000537. The molecule has 15 nitrogen and oxygen atoms in total. The lowest BCUT2D eigenvalue weighted by Crippen LogP contribution is -2.60. The maximum absolute atomic E-state index is 13.2. The number of imide groups is 2. The molecule has 4 N–H and O–H groups in total. The van der Waals surface area contributed by atoms with Crippen LogP contribution in [0.2, 0.25) is 0 Å². The summed E-state index contributed by atoms with van der Waals surface area (Å²) in [6.45, 7) is 5.20. The van der Waals surface area contributed by atoms with E-state index in [1.807, 2.05) is 12.1 Å². The highest BCUT2D eigenvalue weighted by molar-refractivity contribution is 7.96. The average molecular weight is 840 g/mol. The lowest BCUT2D eigenvalue weighted by molar-refractivity contribution is -0.136. The second-order valence-electron chi connectivity index (χ2n) is 16.6. The summed E-state index contributed by atoms with van der Waals surface area (Å²) >= 11 is 1.76. The number of piperidine rings is 2. The van der Waals surface area contributed by atoms with Crippen molar-refractivity contribution in [3.8, 4) is 11.5 Å². The van der Waals surface area contributed by atoms with E-state index in [9.17, 15) is 24.0 Å². The molecule has 16 heteroatoms. The van der Waals surface area contributed by atoms with Crippen molar-refractivity contribution in [3.63, 3.8) is 0 Å². The number of unbranched alkanes of at least 4 members (excludes halogenated alkanes) is 2. The number of amides is 5. The van der Waals surface area contributed by atoms with E-state index in [1.54, 1.807) is 48.5 Å². The number of nitrogens with one attached hydrogen (secondary N) is 4. The molecule has 5 amide bonds. The van der Waals surface area contributed by atoms with Crippen molar-refractivity contribution in [3.05, 3.63) is 71.7 Å². The minimum absolute atomic E-state index is 0.0743. The van der Waals surface area contributed by atoms with Crippen LogP contribution in [0.5, 0.6) is 11.5 Å². The van der Waals surface area contributed by atoms with Crippen molar-refractivity contribution in [2.45, 2.75) is 89.1 Å². The highest BCUT2D eigenvalue weighted by Crippen LogP contribution is 2.44. The monoisotopic (exact) mass is 839 g/mol. The van der Waals surface area contributed by atoms with Gasteiger partial charge in [-0.3, -0.25) is 38.9 Å². The number of fused-ring (bicyclic) bond motifs is 1. The molecule has 4 aliphatic heterocycles. The zero-order valence-corrected chi connectivity index (χ0v) is 35.5. The second kappa shape index (κ2) is 20.0. The maximum Gasteiger partial charge on any atom is 0.262 e. The Bertz CT molecular complexity index is 2030. The molecular weight excluding hydrogens is 783 g/mol. The Morgan fingerprint density at radius 1 is 0.917 bits per heavy atom. The molecule has 8 rings (SSSR count). The van der Waals surface area contributed by atoms with Gasteiger partial charge in [-0.15, -0.1) is 0 Å². The van der Waals surface area contributed by atoms with Crippen molar-refractivity contribution in [1.82, 2.24) is 35.1 Å². The van der Waals surface area contributed by atoms with Gasteiger partial charge < -0.3 is 25.2 Å². The van der Waals surface area contributed by atoms with E-state index in [-0.39, 0.29) is 29.9 Å². The topological polar surface area (TPSA) is 178 Å². The van der Waals surface area contributed by atoms with Gasteiger partial charge in [0.25, 0.3) is 17.7 Å². The second-order valence-corrected chi connectivity index (χ2v) is 17.2. The van der Waals surface area contributed by atoms with Gasteiger partial charge in [0.15, 0.2) is 11.6 Å². The van der Waals surface area contributed by atoms with Crippen molar-refractivity contribution < 1.29 is 28.7 Å². The van der Waals surface area contributed by atoms with Crippen molar-refractivity contribution in [1.29, 1.82) is 0 Å². The first-order valence-corrected chi connectivity index (χ1v) is 22.5. The predicted molar refractivity (Wildman–Crippen MR) is 231 cm³/mol. The number of carbonyl (C=O) groups excluding carboxylic acids is 5. The number of rotatable bonds is 14. The number of likely N-dealkylation sites (tertiary alicyclic amines) is 1. The van der Waals surface area contributed by atoms with Crippen LogP contribution >= 0.6 is 11.9 Å². The first-order valence-electron chi connectivity index (χ1n) is 21.3. The van der Waals surface area contributed by atoms with Crippen LogP contribution in [0.25, 0.3) is 0 Å². The molecule has 0 bridgehead atoms. The highest BCUT2D eigenvalue weighted by Gasteiger charge is 2.46. The number of hydrogen-bond donors (Lipinski definition) is 4. The Labute approximate surface area is 356 Å². The summed E-state index contributed by atoms with van der Waals surface area (Å²) in [4.78, 5) is 77.3. The summed E-state index contributed by atoms with van der Waals surface area (Å²) in [5.41, 5.74) is 1.93. The van der Waals surface area contributed by atoms with Gasteiger partial charge >= 0.3 is 0 Å². The number of aromatic nitrogens is 2. The molecule has 3 saturated heterocycles. The Morgan fingerprint density at radius 3 is 2.43 bits per heavy atom. The third-order valence-electron chi connectivity index (χ3n) is 12.2. The summed E-state index contributed by atoms with van der Waals surface area (Å²) in [6.07, 6.45) is 17.3. The SMILES string of the molecule is CN1CCC2(CC1)CN(c1ncncc1Oc1ccccc1C(=O)NCCCCCNc1ccc3c(c1)C(=O)N(C1CCC(=O)NC1=O)C3=O)C2.CSNC1CCCCC1. The number of para-hydroxylation sites is 1. The molecule has 1 atom stereocenters. The fourth-order valence-corrected chi connectivity index (χ4v) is 9.30. The van der Waals surface area contributed by atoms with Crippen LogP contribution < -0.4 is 30.3 Å². The first-order chi connectivity index (χ1) is 29.1. The van der Waals surface area contributed by atoms with Crippen LogP contribution in [0, 0.1) is 5.41 Å². The van der Waals surface area contributed by atoms with Crippen LogP contribution in [-0.2, 0) is 9.59 Å². The summed E-state index contributed by atoms with van der Waals surface area (Å²) in [5, 5.41) is 8.50. The first kappa shape index (κ1) is 43.0. The van der Waals surface area contributed by atoms with Gasteiger partial charge in [-0.2, -0.15) is 0 Å². The van der Waals surface area contributed by atoms with Gasteiger partial charge in [-0.05, 0) is 108 Å². The normalized spacial score (nSPS) is 20.2.